The molecule has 1 aromatic carbocycles. The van der Waals surface area contributed by atoms with Crippen molar-refractivity contribution in [3.8, 4) is 22.8 Å². The number of H-pyrrole nitrogens is 1. The molecule has 2 aliphatic rings. The van der Waals surface area contributed by atoms with Gasteiger partial charge in [-0.2, -0.15) is 0 Å². The van der Waals surface area contributed by atoms with E-state index in [0.29, 0.717) is 34.9 Å². The molecule has 1 atom stereocenters. The van der Waals surface area contributed by atoms with Gasteiger partial charge in [-0.05, 0) is 63.5 Å². The minimum atomic E-state index is -0.487. The van der Waals surface area contributed by atoms with Crippen molar-refractivity contribution in [2.75, 3.05) is 45.7 Å². The fraction of sp³-hybridized carbons (Fsp3) is 0.407. The van der Waals surface area contributed by atoms with Gasteiger partial charge in [0.05, 0.1) is 43.0 Å². The number of hydrogen-bond acceptors (Lipinski definition) is 6. The summed E-state index contributed by atoms with van der Waals surface area (Å²) in [6.45, 7) is 3.98. The van der Waals surface area contributed by atoms with Crippen LogP contribution in [0.2, 0.25) is 0 Å². The molecule has 0 saturated carbocycles. The van der Waals surface area contributed by atoms with Gasteiger partial charge in [0.15, 0.2) is 11.6 Å². The number of ether oxygens (including phenoxy) is 2. The molecule has 8 nitrogen and oxygen atoms in total. The second-order valence-electron chi connectivity index (χ2n) is 9.28. The summed E-state index contributed by atoms with van der Waals surface area (Å²) in [4.78, 5) is 23.4. The molecule has 4 heterocycles. The molecule has 0 aliphatic carbocycles. The number of likely N-dealkylation sites (tertiary alicyclic amines) is 1. The van der Waals surface area contributed by atoms with Crippen LogP contribution in [0, 0.1) is 5.82 Å². The van der Waals surface area contributed by atoms with Crippen LogP contribution in [0.25, 0.3) is 11.3 Å². The second-order valence-corrected chi connectivity index (χ2v) is 9.28. The molecule has 1 amide bonds. The molecular formula is C27H32FN5O3. The van der Waals surface area contributed by atoms with Gasteiger partial charge in [0.25, 0.3) is 5.91 Å². The number of nitrogens with zero attached hydrogens (tertiary/aromatic N) is 2. The number of rotatable bonds is 9. The molecule has 0 radical (unpaired) electrons. The Balaban J connectivity index is 1.56. The normalized spacial score (nSPS) is 17.5. The highest BCUT2D eigenvalue weighted by Crippen LogP contribution is 2.44. The van der Waals surface area contributed by atoms with Crippen LogP contribution < -0.4 is 20.1 Å². The quantitative estimate of drug-likeness (QED) is 0.401. The molecule has 1 unspecified atom stereocenters. The summed E-state index contributed by atoms with van der Waals surface area (Å²) < 4.78 is 25.4. The number of hydrogen-bond donors (Lipinski definition) is 3. The van der Waals surface area contributed by atoms with Gasteiger partial charge in [-0.15, -0.1) is 0 Å². The number of para-hydroxylation sites is 1. The molecule has 3 N–H and O–H groups in total. The Hall–Kier alpha value is -3.59. The second kappa shape index (κ2) is 10.6. The highest BCUT2D eigenvalue weighted by atomic mass is 19.1. The Morgan fingerprint density at radius 2 is 2.03 bits per heavy atom. The van der Waals surface area contributed by atoms with E-state index in [9.17, 15) is 9.18 Å². The van der Waals surface area contributed by atoms with E-state index < -0.39 is 5.82 Å². The maximum atomic E-state index is 14.5. The highest BCUT2D eigenvalue weighted by Gasteiger charge is 2.33. The van der Waals surface area contributed by atoms with E-state index in [1.807, 2.05) is 6.07 Å². The maximum Gasteiger partial charge on any atom is 0.255 e. The lowest BCUT2D eigenvalue weighted by Crippen LogP contribution is -2.35. The van der Waals surface area contributed by atoms with Gasteiger partial charge in [0.1, 0.15) is 5.75 Å². The number of aromatic amines is 1. The fourth-order valence-electron chi connectivity index (χ4n) is 5.31. The number of amides is 1. The number of pyridine rings is 1. The van der Waals surface area contributed by atoms with Gasteiger partial charge in [-0.1, -0.05) is 6.07 Å². The Morgan fingerprint density at radius 1 is 1.19 bits per heavy atom. The van der Waals surface area contributed by atoms with Crippen LogP contribution in [0.1, 0.15) is 47.7 Å². The van der Waals surface area contributed by atoms with E-state index in [4.69, 9.17) is 9.47 Å². The maximum absolute atomic E-state index is 14.5. The summed E-state index contributed by atoms with van der Waals surface area (Å²) in [7, 11) is 3.01. The number of halogens is 1. The van der Waals surface area contributed by atoms with Crippen LogP contribution in [-0.4, -0.2) is 61.2 Å². The minimum absolute atomic E-state index is 0.0819. The summed E-state index contributed by atoms with van der Waals surface area (Å²) in [6.07, 6.45) is 7.85. The van der Waals surface area contributed by atoms with Crippen molar-refractivity contribution >= 4 is 17.3 Å². The summed E-state index contributed by atoms with van der Waals surface area (Å²) in [5.74, 6) is 0.125. The number of anilines is 2. The first kappa shape index (κ1) is 24.1. The first-order chi connectivity index (χ1) is 17.6. The van der Waals surface area contributed by atoms with E-state index in [2.05, 4.69) is 25.5 Å². The monoisotopic (exact) mass is 493 g/mol. The van der Waals surface area contributed by atoms with Crippen LogP contribution >= 0.6 is 0 Å². The molecule has 2 aromatic heterocycles. The molecule has 1 fully saturated rings. The molecule has 3 aromatic rings. The molecule has 9 heteroatoms. The third kappa shape index (κ3) is 4.63. The first-order valence-electron chi connectivity index (χ1n) is 12.4. The number of benzene rings is 1. The molecule has 2 aliphatic heterocycles. The Kier molecular flexibility index (Phi) is 7.09. The van der Waals surface area contributed by atoms with E-state index in [-0.39, 0.29) is 17.6 Å². The topological polar surface area (TPSA) is 91.5 Å². The van der Waals surface area contributed by atoms with Crippen molar-refractivity contribution < 1.29 is 18.7 Å². The standard InChI is InChI=1S/C27H32FN5O3/c1-35-21-16-29-11-10-18(21)24-25(31-20-9-5-8-19(28)26(20)36-2)22-23(32-24)17(15-30-27(22)34)7-6-14-33-12-3-4-13-33/h5,8-11,16-17,31-32H,3-4,6-7,12-15H2,1-2H3,(H,30,34). The van der Waals surface area contributed by atoms with E-state index in [1.165, 1.54) is 39.1 Å². The molecule has 0 spiro atoms. The van der Waals surface area contributed by atoms with Crippen LogP contribution in [0.5, 0.6) is 11.5 Å². The predicted molar refractivity (Wildman–Crippen MR) is 137 cm³/mol. The van der Waals surface area contributed by atoms with Crippen molar-refractivity contribution in [2.24, 2.45) is 0 Å². The van der Waals surface area contributed by atoms with E-state index in [1.54, 1.807) is 31.6 Å². The number of nitrogens with one attached hydrogen (secondary N) is 3. The van der Waals surface area contributed by atoms with Gasteiger partial charge in [0, 0.05) is 29.9 Å². The number of aromatic nitrogens is 2. The SMILES string of the molecule is COc1cnccc1-c1[nH]c2c(c1Nc1cccc(F)c1OC)C(=O)NCC2CCCN1CCCC1. The lowest BCUT2D eigenvalue weighted by molar-refractivity contribution is 0.0939. The Bertz CT molecular complexity index is 1240. The molecule has 1 saturated heterocycles. The summed E-state index contributed by atoms with van der Waals surface area (Å²) in [6, 6.07) is 6.51. The summed E-state index contributed by atoms with van der Waals surface area (Å²) >= 11 is 0. The van der Waals surface area contributed by atoms with Crippen molar-refractivity contribution in [1.29, 1.82) is 0 Å². The van der Waals surface area contributed by atoms with E-state index >= 15 is 0 Å². The first-order valence-corrected chi connectivity index (χ1v) is 12.4. The van der Waals surface area contributed by atoms with Gasteiger partial charge in [0.2, 0.25) is 0 Å². The van der Waals surface area contributed by atoms with E-state index in [0.717, 1.165) is 30.6 Å². The van der Waals surface area contributed by atoms with Gasteiger partial charge < -0.3 is 30.0 Å². The molecule has 190 valence electrons. The average Bonchev–Trinajstić information content (AvgIpc) is 3.54. The number of fused-ring (bicyclic) bond motifs is 1. The van der Waals surface area contributed by atoms with Crippen LogP contribution in [0.3, 0.4) is 0 Å². The van der Waals surface area contributed by atoms with Crippen LogP contribution in [-0.2, 0) is 0 Å². The zero-order chi connectivity index (χ0) is 25.1. The highest BCUT2D eigenvalue weighted by molar-refractivity contribution is 6.07. The largest absolute Gasteiger partial charge is 0.494 e. The Morgan fingerprint density at radius 3 is 2.81 bits per heavy atom. The van der Waals surface area contributed by atoms with Crippen LogP contribution in [0.4, 0.5) is 15.8 Å². The smallest absolute Gasteiger partial charge is 0.255 e. The molecule has 5 rings (SSSR count). The summed E-state index contributed by atoms with van der Waals surface area (Å²) in [5.41, 5.74) is 3.84. The van der Waals surface area contributed by atoms with Crippen molar-refractivity contribution in [3.05, 3.63) is 53.7 Å². The zero-order valence-electron chi connectivity index (χ0n) is 20.7. The lowest BCUT2D eigenvalue weighted by Gasteiger charge is -2.25. The molecule has 0 bridgehead atoms. The zero-order valence-corrected chi connectivity index (χ0v) is 20.7. The van der Waals surface area contributed by atoms with Gasteiger partial charge >= 0.3 is 0 Å². The number of carbonyl (C=O) groups excluding carboxylic acids is 1. The van der Waals surface area contributed by atoms with Gasteiger partial charge in [-0.25, -0.2) is 4.39 Å². The predicted octanol–water partition coefficient (Wildman–Crippen LogP) is 4.68. The number of carbonyl (C=O) groups is 1. The van der Waals surface area contributed by atoms with Crippen LogP contribution in [0.15, 0.2) is 36.7 Å². The van der Waals surface area contributed by atoms with Gasteiger partial charge in [-0.3, -0.25) is 9.78 Å². The Labute approximate surface area is 210 Å². The number of methoxy groups -OCH3 is 2. The van der Waals surface area contributed by atoms with Crippen molar-refractivity contribution in [1.82, 2.24) is 20.2 Å². The minimum Gasteiger partial charge on any atom is -0.494 e. The average molecular weight is 494 g/mol. The third-order valence-corrected chi connectivity index (χ3v) is 7.10. The van der Waals surface area contributed by atoms with Crippen molar-refractivity contribution in [3.63, 3.8) is 0 Å². The third-order valence-electron chi connectivity index (χ3n) is 7.10. The molecule has 36 heavy (non-hydrogen) atoms. The van der Waals surface area contributed by atoms with Crippen molar-refractivity contribution in [2.45, 2.75) is 31.6 Å². The summed E-state index contributed by atoms with van der Waals surface area (Å²) in [5, 5.41) is 6.37. The molecular weight excluding hydrogens is 461 g/mol. The fourth-order valence-corrected chi connectivity index (χ4v) is 5.31. The lowest BCUT2D eigenvalue weighted by atomic mass is 9.92.